The molecular weight excluding hydrogens is 422 g/mol. The lowest BCUT2D eigenvalue weighted by Gasteiger charge is -2.40. The number of carbonyl (C=O) groups excluding carboxylic acids is 1. The maximum Gasteiger partial charge on any atom is 0.330 e. The lowest BCUT2D eigenvalue weighted by Crippen LogP contribution is -2.56. The van der Waals surface area contributed by atoms with E-state index < -0.39 is 48.5 Å². The van der Waals surface area contributed by atoms with E-state index in [1.165, 1.54) is 11.7 Å². The van der Waals surface area contributed by atoms with Crippen molar-refractivity contribution in [2.24, 2.45) is 0 Å². The Labute approximate surface area is 175 Å². The van der Waals surface area contributed by atoms with Gasteiger partial charge >= 0.3 is 5.97 Å². The highest BCUT2D eigenvalue weighted by Gasteiger charge is 2.60. The largest absolute Gasteiger partial charge is 0.467 e. The second-order valence-electron chi connectivity index (χ2n) is 7.83. The van der Waals surface area contributed by atoms with Crippen LogP contribution in [-0.2, 0) is 15.1 Å². The number of anilines is 1. The standard InChI is InChI=1S/C16H22ClN7O6/c1-16(2)9-10(13(17)19-24-14(9)18-20-21-24)22-7(15(29)30-3)4-6(23(16)22)11(27)12(28)8(26)5-25/h6-8,11-12,25-28H,4-5H2,1-3H3/t6-,7-,8+,11-,12-/m0/s1. The molecule has 0 unspecified atom stereocenters. The molecule has 2 aromatic heterocycles. The summed E-state index contributed by atoms with van der Waals surface area (Å²) in [6, 6.07) is -1.72. The van der Waals surface area contributed by atoms with Crippen molar-refractivity contribution >= 4 is 28.9 Å². The average molecular weight is 444 g/mol. The van der Waals surface area contributed by atoms with Gasteiger partial charge < -0.3 is 25.2 Å². The molecule has 4 rings (SSSR count). The first-order chi connectivity index (χ1) is 14.1. The van der Waals surface area contributed by atoms with Gasteiger partial charge in [0.15, 0.2) is 5.15 Å². The molecule has 5 atom stereocenters. The number of esters is 1. The van der Waals surface area contributed by atoms with Gasteiger partial charge in [-0.05, 0) is 24.3 Å². The highest BCUT2D eigenvalue weighted by molar-refractivity contribution is 6.32. The van der Waals surface area contributed by atoms with Gasteiger partial charge in [-0.3, -0.25) is 5.01 Å². The van der Waals surface area contributed by atoms with Crippen molar-refractivity contribution in [2.45, 2.75) is 56.2 Å². The molecule has 0 spiro atoms. The normalized spacial score (nSPS) is 25.8. The zero-order valence-electron chi connectivity index (χ0n) is 16.4. The van der Waals surface area contributed by atoms with Crippen LogP contribution in [0.4, 0.5) is 5.69 Å². The van der Waals surface area contributed by atoms with Crippen molar-refractivity contribution in [3.63, 3.8) is 0 Å². The Kier molecular flexibility index (Phi) is 5.07. The molecule has 0 amide bonds. The van der Waals surface area contributed by atoms with Crippen molar-refractivity contribution in [2.75, 3.05) is 18.7 Å². The molecule has 164 valence electrons. The summed E-state index contributed by atoms with van der Waals surface area (Å²) < 4.78 is 6.12. The van der Waals surface area contributed by atoms with E-state index in [9.17, 15) is 20.1 Å². The van der Waals surface area contributed by atoms with Crippen molar-refractivity contribution in [1.82, 2.24) is 30.3 Å². The number of tetrazole rings is 1. The van der Waals surface area contributed by atoms with E-state index in [0.717, 1.165) is 0 Å². The Hall–Kier alpha value is -2.16. The summed E-state index contributed by atoms with van der Waals surface area (Å²) in [5.74, 6) is -0.578. The zero-order valence-corrected chi connectivity index (χ0v) is 17.2. The van der Waals surface area contributed by atoms with E-state index in [4.69, 9.17) is 21.4 Å². The molecule has 1 fully saturated rings. The fourth-order valence-electron chi connectivity index (χ4n) is 4.49. The zero-order chi connectivity index (χ0) is 22.0. The van der Waals surface area contributed by atoms with Crippen LogP contribution < -0.4 is 5.01 Å². The van der Waals surface area contributed by atoms with Gasteiger partial charge in [-0.25, -0.2) is 9.80 Å². The van der Waals surface area contributed by atoms with Gasteiger partial charge in [-0.2, -0.15) is 0 Å². The fraction of sp³-hybridized carbons (Fsp3) is 0.688. The van der Waals surface area contributed by atoms with Crippen molar-refractivity contribution in [3.8, 4) is 0 Å². The summed E-state index contributed by atoms with van der Waals surface area (Å²) >= 11 is 6.44. The van der Waals surface area contributed by atoms with Crippen LogP contribution in [0, 0.1) is 0 Å². The summed E-state index contributed by atoms with van der Waals surface area (Å²) in [6.07, 6.45) is -4.65. The molecule has 2 aromatic rings. The van der Waals surface area contributed by atoms with E-state index in [-0.39, 0.29) is 11.6 Å². The molecule has 2 aliphatic rings. The summed E-state index contributed by atoms with van der Waals surface area (Å²) in [7, 11) is 1.24. The molecule has 0 aromatic carbocycles. The number of hydrogen-bond donors (Lipinski definition) is 4. The third-order valence-corrected chi connectivity index (χ3v) is 6.07. The van der Waals surface area contributed by atoms with Crippen LogP contribution in [0.2, 0.25) is 5.15 Å². The number of aliphatic hydroxyl groups is 4. The van der Waals surface area contributed by atoms with Crippen molar-refractivity contribution in [1.29, 1.82) is 0 Å². The monoisotopic (exact) mass is 443 g/mol. The molecule has 4 heterocycles. The van der Waals surface area contributed by atoms with Crippen molar-refractivity contribution < 1.29 is 30.0 Å². The average Bonchev–Trinajstić information content (AvgIpc) is 3.39. The third-order valence-electron chi connectivity index (χ3n) is 5.81. The number of hydrazine groups is 1. The number of carbonyl (C=O) groups is 1. The SMILES string of the molecule is COC(=O)[C@@H]1C[C@@H]([C@H](O)[C@@H](O)[C@H](O)CO)N2N1c1c(Cl)nn3nnnc3c1C2(C)C. The predicted octanol–water partition coefficient (Wildman–Crippen LogP) is -2.17. The Morgan fingerprint density at radius 2 is 2.07 bits per heavy atom. The predicted molar refractivity (Wildman–Crippen MR) is 100 cm³/mol. The van der Waals surface area contributed by atoms with Crippen LogP contribution in [0.25, 0.3) is 5.65 Å². The lowest BCUT2D eigenvalue weighted by atomic mass is 9.89. The number of hydrogen-bond acceptors (Lipinski definition) is 12. The first-order valence-electron chi connectivity index (χ1n) is 9.24. The van der Waals surface area contributed by atoms with Crippen LogP contribution >= 0.6 is 11.6 Å². The van der Waals surface area contributed by atoms with E-state index in [2.05, 4.69) is 20.6 Å². The van der Waals surface area contributed by atoms with Gasteiger partial charge in [-0.15, -0.1) is 14.8 Å². The van der Waals surface area contributed by atoms with Gasteiger partial charge in [0.2, 0.25) is 5.65 Å². The van der Waals surface area contributed by atoms with Crippen molar-refractivity contribution in [3.05, 3.63) is 10.7 Å². The minimum atomic E-state index is -1.65. The van der Waals surface area contributed by atoms with Crippen LogP contribution in [0.3, 0.4) is 0 Å². The first-order valence-corrected chi connectivity index (χ1v) is 9.62. The highest BCUT2D eigenvalue weighted by atomic mass is 35.5. The number of aliphatic hydroxyl groups excluding tert-OH is 4. The molecule has 4 N–H and O–H groups in total. The molecule has 0 bridgehead atoms. The molecule has 0 aliphatic carbocycles. The Bertz CT molecular complexity index is 986. The molecule has 1 saturated heterocycles. The number of halogens is 1. The topological polar surface area (TPSA) is 170 Å². The first kappa shape index (κ1) is 21.1. The Morgan fingerprint density at radius 3 is 2.70 bits per heavy atom. The van der Waals surface area contributed by atoms with E-state index in [1.807, 2.05) is 13.8 Å². The van der Waals surface area contributed by atoms with Gasteiger partial charge in [0.05, 0.1) is 37.0 Å². The van der Waals surface area contributed by atoms with Gasteiger partial charge in [0, 0.05) is 6.42 Å². The number of nitrogens with zero attached hydrogens (tertiary/aromatic N) is 7. The smallest absolute Gasteiger partial charge is 0.330 e. The lowest BCUT2D eigenvalue weighted by molar-refractivity contribution is -0.142. The number of aromatic nitrogens is 5. The summed E-state index contributed by atoms with van der Waals surface area (Å²) in [5, 5.41) is 59.1. The van der Waals surface area contributed by atoms with E-state index >= 15 is 0 Å². The molecule has 13 nitrogen and oxygen atoms in total. The quantitative estimate of drug-likeness (QED) is 0.369. The van der Waals surface area contributed by atoms with Crippen LogP contribution in [0.15, 0.2) is 0 Å². The highest BCUT2D eigenvalue weighted by Crippen LogP contribution is 2.54. The third kappa shape index (κ3) is 2.77. The van der Waals surface area contributed by atoms with Gasteiger partial charge in [-0.1, -0.05) is 11.6 Å². The second kappa shape index (κ2) is 7.21. The molecule has 2 aliphatic heterocycles. The molecular formula is C16H22ClN7O6. The fourth-order valence-corrected chi connectivity index (χ4v) is 4.74. The number of rotatable bonds is 5. The Balaban J connectivity index is 1.89. The minimum absolute atomic E-state index is 0.0420. The molecule has 0 radical (unpaired) electrons. The second-order valence-corrected chi connectivity index (χ2v) is 8.19. The van der Waals surface area contributed by atoms with Gasteiger partial charge in [0.25, 0.3) is 0 Å². The summed E-state index contributed by atoms with van der Waals surface area (Å²) in [6.45, 7) is 2.91. The maximum atomic E-state index is 12.6. The van der Waals surface area contributed by atoms with Gasteiger partial charge in [0.1, 0.15) is 23.9 Å². The van der Waals surface area contributed by atoms with Crippen LogP contribution in [0.1, 0.15) is 25.8 Å². The maximum absolute atomic E-state index is 12.6. The van der Waals surface area contributed by atoms with E-state index in [1.54, 1.807) is 10.0 Å². The number of methoxy groups -OCH3 is 1. The Morgan fingerprint density at radius 1 is 1.37 bits per heavy atom. The molecule has 30 heavy (non-hydrogen) atoms. The summed E-state index contributed by atoms with van der Waals surface area (Å²) in [4.78, 5) is 12.6. The summed E-state index contributed by atoms with van der Waals surface area (Å²) in [5.41, 5.74) is 0.402. The number of fused-ring (bicyclic) bond motifs is 5. The van der Waals surface area contributed by atoms with E-state index in [0.29, 0.717) is 16.9 Å². The molecule has 0 saturated carbocycles. The minimum Gasteiger partial charge on any atom is -0.467 e. The van der Waals surface area contributed by atoms with Crippen LogP contribution in [-0.4, -0.2) is 101 Å². The molecule has 14 heteroatoms. The number of ether oxygens (including phenoxy) is 1. The van der Waals surface area contributed by atoms with Crippen LogP contribution in [0.5, 0.6) is 0 Å².